The van der Waals surface area contributed by atoms with Gasteiger partial charge in [0.05, 0.1) is 5.60 Å². The fraction of sp³-hybridized carbons (Fsp3) is 0.667. The SMILES string of the molecule is Cc1cc(Nc2nc(N(C)C3C4CC5CC3CC(O)(C5)C4)nc(OC(=O)OC(C)(C)C)c2F)n[nH]1. The number of hydrogen-bond donors (Lipinski definition) is 3. The van der Waals surface area contributed by atoms with Crippen LogP contribution in [0.15, 0.2) is 6.07 Å². The molecular formula is C24H33FN6O4. The molecule has 35 heavy (non-hydrogen) atoms. The Morgan fingerprint density at radius 1 is 1.26 bits per heavy atom. The van der Waals surface area contributed by atoms with Crippen molar-refractivity contribution in [2.45, 2.75) is 77.0 Å². The molecule has 2 aromatic rings. The predicted molar refractivity (Wildman–Crippen MR) is 126 cm³/mol. The van der Waals surface area contributed by atoms with Crippen molar-refractivity contribution in [2.75, 3.05) is 17.3 Å². The molecule has 0 aromatic carbocycles. The van der Waals surface area contributed by atoms with Crippen LogP contribution in [-0.4, -0.2) is 55.7 Å². The van der Waals surface area contributed by atoms with Gasteiger partial charge < -0.3 is 24.8 Å². The normalized spacial score (nSPS) is 29.2. The molecule has 4 bridgehead atoms. The molecule has 4 aliphatic rings. The quantitative estimate of drug-likeness (QED) is 0.534. The zero-order valence-electron chi connectivity index (χ0n) is 20.8. The monoisotopic (exact) mass is 488 g/mol. The smallest absolute Gasteiger partial charge is 0.428 e. The van der Waals surface area contributed by atoms with Crippen molar-refractivity contribution in [3.63, 3.8) is 0 Å². The fourth-order valence-electron chi connectivity index (χ4n) is 6.40. The topological polar surface area (TPSA) is 125 Å². The number of halogens is 1. The highest BCUT2D eigenvalue weighted by molar-refractivity contribution is 5.65. The molecule has 0 aliphatic heterocycles. The van der Waals surface area contributed by atoms with Gasteiger partial charge >= 0.3 is 6.16 Å². The lowest BCUT2D eigenvalue weighted by atomic mass is 9.52. The Kier molecular flexibility index (Phi) is 5.65. The molecule has 4 fully saturated rings. The molecule has 2 heterocycles. The maximum Gasteiger partial charge on any atom is 0.515 e. The van der Waals surface area contributed by atoms with Crippen LogP contribution in [0.4, 0.5) is 26.8 Å². The Bertz CT molecular complexity index is 1120. The lowest BCUT2D eigenvalue weighted by molar-refractivity contribution is -0.133. The number of aromatic amines is 1. The first-order chi connectivity index (χ1) is 16.4. The molecule has 190 valence electrons. The highest BCUT2D eigenvalue weighted by Crippen LogP contribution is 2.57. The predicted octanol–water partition coefficient (Wildman–Crippen LogP) is 4.08. The number of carbonyl (C=O) groups excluding carboxylic acids is 1. The van der Waals surface area contributed by atoms with Gasteiger partial charge in [-0.05, 0) is 77.6 Å². The van der Waals surface area contributed by atoms with Crippen LogP contribution < -0.4 is 15.0 Å². The van der Waals surface area contributed by atoms with E-state index in [2.05, 4.69) is 25.5 Å². The molecule has 4 aliphatic carbocycles. The molecule has 0 saturated heterocycles. The van der Waals surface area contributed by atoms with Crippen molar-refractivity contribution in [2.24, 2.45) is 17.8 Å². The zero-order chi connectivity index (χ0) is 25.1. The van der Waals surface area contributed by atoms with Gasteiger partial charge in [-0.3, -0.25) is 5.10 Å². The minimum atomic E-state index is -1.05. The van der Waals surface area contributed by atoms with E-state index < -0.39 is 29.1 Å². The lowest BCUT2D eigenvalue weighted by Gasteiger charge is -2.59. The van der Waals surface area contributed by atoms with Crippen LogP contribution in [0.5, 0.6) is 5.88 Å². The Morgan fingerprint density at radius 2 is 1.94 bits per heavy atom. The van der Waals surface area contributed by atoms with E-state index in [-0.39, 0.29) is 17.8 Å². The molecule has 0 spiro atoms. The first-order valence-corrected chi connectivity index (χ1v) is 12.1. The molecule has 2 atom stereocenters. The van der Waals surface area contributed by atoms with Crippen molar-refractivity contribution in [1.29, 1.82) is 0 Å². The van der Waals surface area contributed by atoms with Crippen LogP contribution in [0.25, 0.3) is 0 Å². The number of aryl methyl sites for hydroxylation is 1. The molecule has 3 N–H and O–H groups in total. The van der Waals surface area contributed by atoms with E-state index in [9.17, 15) is 9.90 Å². The van der Waals surface area contributed by atoms with Gasteiger partial charge in [0.1, 0.15) is 5.60 Å². The van der Waals surface area contributed by atoms with Gasteiger partial charge in [0.25, 0.3) is 5.88 Å². The Hall–Kier alpha value is -2.95. The number of nitrogens with one attached hydrogen (secondary N) is 2. The lowest BCUT2D eigenvalue weighted by Crippen LogP contribution is -2.61. The summed E-state index contributed by atoms with van der Waals surface area (Å²) < 4.78 is 25.8. The molecule has 2 aromatic heterocycles. The first-order valence-electron chi connectivity index (χ1n) is 12.1. The molecule has 0 amide bonds. The van der Waals surface area contributed by atoms with Crippen LogP contribution in [0.1, 0.15) is 58.6 Å². The Labute approximate surface area is 203 Å². The van der Waals surface area contributed by atoms with Crippen molar-refractivity contribution in [1.82, 2.24) is 20.2 Å². The van der Waals surface area contributed by atoms with E-state index in [1.165, 1.54) is 0 Å². The third kappa shape index (κ3) is 4.78. The number of aromatic nitrogens is 4. The van der Waals surface area contributed by atoms with E-state index >= 15 is 4.39 Å². The van der Waals surface area contributed by atoms with Crippen molar-refractivity contribution < 1.29 is 23.8 Å². The second kappa shape index (κ2) is 8.32. The Balaban J connectivity index is 1.47. The third-order valence-corrected chi connectivity index (χ3v) is 7.28. The van der Waals surface area contributed by atoms with E-state index in [0.29, 0.717) is 23.6 Å². The number of aliphatic hydroxyl groups is 1. The number of ether oxygens (including phenoxy) is 2. The number of anilines is 3. The summed E-state index contributed by atoms with van der Waals surface area (Å²) in [5, 5.41) is 20.7. The highest BCUT2D eigenvalue weighted by Gasteiger charge is 2.56. The fourth-order valence-corrected chi connectivity index (χ4v) is 6.40. The summed E-state index contributed by atoms with van der Waals surface area (Å²) in [5.41, 5.74) is -0.599. The van der Waals surface area contributed by atoms with Gasteiger partial charge in [-0.2, -0.15) is 19.5 Å². The standard InChI is InChI=1S/C24H33FN6O4/c1-12-6-16(30-29-12)26-19-17(25)20(34-22(32)35-23(2,3)4)28-21(27-19)31(5)18-14-7-13-8-15(18)11-24(33,9-13)10-14/h6,13-15,18,33H,7-11H2,1-5H3,(H2,26,27,28,29,30). The molecule has 10 nitrogen and oxygen atoms in total. The Morgan fingerprint density at radius 3 is 2.51 bits per heavy atom. The number of hydrogen-bond acceptors (Lipinski definition) is 9. The number of nitrogens with zero attached hydrogens (tertiary/aromatic N) is 4. The van der Waals surface area contributed by atoms with Crippen molar-refractivity contribution in [3.8, 4) is 5.88 Å². The molecule has 6 rings (SSSR count). The highest BCUT2D eigenvalue weighted by atomic mass is 19.1. The van der Waals surface area contributed by atoms with Gasteiger partial charge in [-0.15, -0.1) is 0 Å². The molecule has 4 saturated carbocycles. The summed E-state index contributed by atoms with van der Waals surface area (Å²) in [5.74, 6) is 0.132. The maximum absolute atomic E-state index is 15.4. The van der Waals surface area contributed by atoms with Crippen LogP contribution in [0.2, 0.25) is 0 Å². The minimum Gasteiger partial charge on any atom is -0.428 e. The van der Waals surface area contributed by atoms with Crippen LogP contribution in [0, 0.1) is 30.5 Å². The maximum atomic E-state index is 15.4. The summed E-state index contributed by atoms with van der Waals surface area (Å²) in [6.07, 6.45) is 3.42. The number of carbonyl (C=O) groups is 1. The van der Waals surface area contributed by atoms with E-state index in [4.69, 9.17) is 9.47 Å². The molecule has 11 heteroatoms. The largest absolute Gasteiger partial charge is 0.515 e. The summed E-state index contributed by atoms with van der Waals surface area (Å²) >= 11 is 0. The summed E-state index contributed by atoms with van der Waals surface area (Å²) in [7, 11) is 1.88. The number of H-pyrrole nitrogens is 1. The van der Waals surface area contributed by atoms with Gasteiger partial charge in [0.15, 0.2) is 11.6 Å². The second-order valence-electron chi connectivity index (χ2n) is 11.4. The van der Waals surface area contributed by atoms with Gasteiger partial charge in [-0.1, -0.05) is 0 Å². The average molecular weight is 489 g/mol. The van der Waals surface area contributed by atoms with Crippen LogP contribution >= 0.6 is 0 Å². The minimum absolute atomic E-state index is 0.104. The summed E-state index contributed by atoms with van der Waals surface area (Å²) in [4.78, 5) is 23.0. The van der Waals surface area contributed by atoms with E-state index in [1.807, 2.05) is 18.9 Å². The van der Waals surface area contributed by atoms with Crippen molar-refractivity contribution >= 4 is 23.7 Å². The third-order valence-electron chi connectivity index (χ3n) is 7.28. The average Bonchev–Trinajstić information content (AvgIpc) is 3.12. The summed E-state index contributed by atoms with van der Waals surface area (Å²) in [6, 6.07) is 1.81. The van der Waals surface area contributed by atoms with Crippen LogP contribution in [-0.2, 0) is 4.74 Å². The van der Waals surface area contributed by atoms with E-state index in [0.717, 1.165) is 37.8 Å². The van der Waals surface area contributed by atoms with E-state index in [1.54, 1.807) is 26.8 Å². The molecule has 0 radical (unpaired) electrons. The van der Waals surface area contributed by atoms with Crippen molar-refractivity contribution in [3.05, 3.63) is 17.6 Å². The second-order valence-corrected chi connectivity index (χ2v) is 11.4. The zero-order valence-corrected chi connectivity index (χ0v) is 20.8. The molecular weight excluding hydrogens is 455 g/mol. The van der Waals surface area contributed by atoms with Crippen LogP contribution in [0.3, 0.4) is 0 Å². The molecule has 2 unspecified atom stereocenters. The van der Waals surface area contributed by atoms with Gasteiger partial charge in [0, 0.05) is 24.8 Å². The first kappa shape index (κ1) is 23.8. The number of rotatable bonds is 5. The van der Waals surface area contributed by atoms with Gasteiger partial charge in [-0.25, -0.2) is 4.79 Å². The van der Waals surface area contributed by atoms with Gasteiger partial charge in [0.2, 0.25) is 11.8 Å². The summed E-state index contributed by atoms with van der Waals surface area (Å²) in [6.45, 7) is 6.90.